The summed E-state index contributed by atoms with van der Waals surface area (Å²) in [5.41, 5.74) is 5.73. The fraction of sp³-hybridized carbons (Fsp3) is 0.406. The Balaban J connectivity index is 1.66. The number of esters is 1. The Hall–Kier alpha value is -3.19. The molecule has 1 unspecified atom stereocenters. The van der Waals surface area contributed by atoms with E-state index in [2.05, 4.69) is 91.0 Å². The monoisotopic (exact) mass is 518 g/mol. The molecule has 0 radical (unpaired) electrons. The van der Waals surface area contributed by atoms with Gasteiger partial charge in [-0.25, -0.2) is 0 Å². The van der Waals surface area contributed by atoms with Crippen LogP contribution in [0, 0.1) is 0 Å². The summed E-state index contributed by atoms with van der Waals surface area (Å²) in [5.74, 6) is 0.647. The van der Waals surface area contributed by atoms with Gasteiger partial charge in [0, 0.05) is 51.3 Å². The van der Waals surface area contributed by atoms with Gasteiger partial charge in [0.05, 0.1) is 13.2 Å². The SMILES string of the molecule is CCOC(=O)CCc1ccc(-c2ccc(CNCC(c3ccccc3)N(C)C)cc2)c(OCCCOC)c1. The van der Waals surface area contributed by atoms with Crippen LogP contribution < -0.4 is 10.1 Å². The highest BCUT2D eigenvalue weighted by Crippen LogP contribution is 2.32. The lowest BCUT2D eigenvalue weighted by Crippen LogP contribution is -2.30. The van der Waals surface area contributed by atoms with Gasteiger partial charge in [-0.1, -0.05) is 66.7 Å². The van der Waals surface area contributed by atoms with Crippen molar-refractivity contribution >= 4 is 5.97 Å². The summed E-state index contributed by atoms with van der Waals surface area (Å²) in [6, 6.07) is 25.7. The number of carbonyl (C=O) groups is 1. The highest BCUT2D eigenvalue weighted by Gasteiger charge is 2.14. The molecule has 0 aliphatic heterocycles. The molecule has 3 rings (SSSR count). The molecule has 204 valence electrons. The number of nitrogens with zero attached hydrogens (tertiary/aromatic N) is 1. The normalized spacial score (nSPS) is 11.9. The van der Waals surface area contributed by atoms with Crippen molar-refractivity contribution in [3.63, 3.8) is 0 Å². The molecule has 0 aromatic heterocycles. The number of hydrogen-bond acceptors (Lipinski definition) is 6. The highest BCUT2D eigenvalue weighted by molar-refractivity contribution is 5.72. The van der Waals surface area contributed by atoms with Gasteiger partial charge in [0.25, 0.3) is 0 Å². The second-order valence-electron chi connectivity index (χ2n) is 9.55. The second kappa shape index (κ2) is 15.9. The molecule has 0 amide bonds. The third kappa shape index (κ3) is 9.28. The van der Waals surface area contributed by atoms with Crippen LogP contribution in [0.3, 0.4) is 0 Å². The summed E-state index contributed by atoms with van der Waals surface area (Å²) in [6.45, 7) is 5.11. The molecular formula is C32H42N2O4. The van der Waals surface area contributed by atoms with Crippen molar-refractivity contribution in [2.24, 2.45) is 0 Å². The number of likely N-dealkylation sites (N-methyl/N-ethyl adjacent to an activating group) is 1. The Morgan fingerprint density at radius 3 is 2.37 bits per heavy atom. The first-order chi connectivity index (χ1) is 18.5. The third-order valence-corrected chi connectivity index (χ3v) is 6.46. The van der Waals surface area contributed by atoms with Gasteiger partial charge in [0.15, 0.2) is 0 Å². The Bertz CT molecular complexity index is 1100. The molecule has 0 saturated heterocycles. The van der Waals surface area contributed by atoms with Crippen LogP contribution >= 0.6 is 0 Å². The molecule has 0 spiro atoms. The average molecular weight is 519 g/mol. The second-order valence-corrected chi connectivity index (χ2v) is 9.55. The Kier molecular flexibility index (Phi) is 12.3. The van der Waals surface area contributed by atoms with Crippen molar-refractivity contribution in [3.05, 3.63) is 89.5 Å². The van der Waals surface area contributed by atoms with E-state index >= 15 is 0 Å². The first kappa shape index (κ1) is 29.4. The molecule has 0 heterocycles. The van der Waals surface area contributed by atoms with Crippen LogP contribution in [0.5, 0.6) is 5.75 Å². The fourth-order valence-corrected chi connectivity index (χ4v) is 4.37. The zero-order valence-corrected chi connectivity index (χ0v) is 23.2. The Morgan fingerprint density at radius 1 is 0.947 bits per heavy atom. The summed E-state index contributed by atoms with van der Waals surface area (Å²) in [7, 11) is 5.93. The molecule has 0 saturated carbocycles. The zero-order chi connectivity index (χ0) is 27.2. The van der Waals surface area contributed by atoms with Crippen LogP contribution in [0.1, 0.15) is 42.5 Å². The molecule has 6 nitrogen and oxygen atoms in total. The minimum absolute atomic E-state index is 0.177. The van der Waals surface area contributed by atoms with Gasteiger partial charge < -0.3 is 24.4 Å². The number of nitrogens with one attached hydrogen (secondary N) is 1. The van der Waals surface area contributed by atoms with Crippen LogP contribution in [-0.2, 0) is 27.2 Å². The molecule has 1 N–H and O–H groups in total. The number of methoxy groups -OCH3 is 1. The smallest absolute Gasteiger partial charge is 0.306 e. The van der Waals surface area contributed by atoms with Crippen LogP contribution in [-0.4, -0.2) is 58.4 Å². The molecular weight excluding hydrogens is 476 g/mol. The van der Waals surface area contributed by atoms with Gasteiger partial charge in [0.2, 0.25) is 0 Å². The largest absolute Gasteiger partial charge is 0.493 e. The van der Waals surface area contributed by atoms with Crippen molar-refractivity contribution < 1.29 is 19.0 Å². The van der Waals surface area contributed by atoms with E-state index in [1.165, 1.54) is 11.1 Å². The maximum absolute atomic E-state index is 11.8. The lowest BCUT2D eigenvalue weighted by atomic mass is 9.99. The van der Waals surface area contributed by atoms with Crippen LogP contribution in [0.25, 0.3) is 11.1 Å². The average Bonchev–Trinajstić information content (AvgIpc) is 2.93. The molecule has 0 bridgehead atoms. The first-order valence-electron chi connectivity index (χ1n) is 13.4. The zero-order valence-electron chi connectivity index (χ0n) is 23.2. The standard InChI is InChI=1S/C32H42N2O4/c1-5-37-32(35)19-15-25-14-18-29(31(22-25)38-21-9-20-36-4)27-16-12-26(13-17-27)23-33-24-30(34(2)3)28-10-7-6-8-11-28/h6-8,10-14,16-18,22,30,33H,5,9,15,19-21,23-24H2,1-4H3. The van der Waals surface area contributed by atoms with Gasteiger partial charge in [-0.2, -0.15) is 0 Å². The predicted octanol–water partition coefficient (Wildman–Crippen LogP) is 5.66. The highest BCUT2D eigenvalue weighted by atomic mass is 16.5. The van der Waals surface area contributed by atoms with E-state index in [9.17, 15) is 4.79 Å². The lowest BCUT2D eigenvalue weighted by Gasteiger charge is -2.25. The van der Waals surface area contributed by atoms with Crippen LogP contribution in [0.2, 0.25) is 0 Å². The molecule has 3 aromatic carbocycles. The van der Waals surface area contributed by atoms with E-state index in [0.29, 0.717) is 38.7 Å². The molecule has 38 heavy (non-hydrogen) atoms. The number of ether oxygens (including phenoxy) is 3. The third-order valence-electron chi connectivity index (χ3n) is 6.46. The first-order valence-corrected chi connectivity index (χ1v) is 13.4. The number of aryl methyl sites for hydroxylation is 1. The van der Waals surface area contributed by atoms with Gasteiger partial charge >= 0.3 is 5.97 Å². The van der Waals surface area contributed by atoms with E-state index in [1.54, 1.807) is 7.11 Å². The van der Waals surface area contributed by atoms with Crippen molar-refractivity contribution in [2.75, 3.05) is 47.6 Å². The number of hydrogen-bond donors (Lipinski definition) is 1. The quantitative estimate of drug-likeness (QED) is 0.195. The summed E-state index contributed by atoms with van der Waals surface area (Å²) >= 11 is 0. The van der Waals surface area contributed by atoms with E-state index in [1.807, 2.05) is 13.0 Å². The van der Waals surface area contributed by atoms with E-state index in [0.717, 1.165) is 42.0 Å². The molecule has 3 aromatic rings. The fourth-order valence-electron chi connectivity index (χ4n) is 4.37. The molecule has 0 aliphatic rings. The van der Waals surface area contributed by atoms with Crippen molar-refractivity contribution in [1.82, 2.24) is 10.2 Å². The van der Waals surface area contributed by atoms with E-state index in [-0.39, 0.29) is 5.97 Å². The van der Waals surface area contributed by atoms with Crippen LogP contribution in [0.4, 0.5) is 0 Å². The van der Waals surface area contributed by atoms with Crippen molar-refractivity contribution in [1.29, 1.82) is 0 Å². The number of rotatable bonds is 16. The van der Waals surface area contributed by atoms with Crippen molar-refractivity contribution in [2.45, 2.75) is 38.8 Å². The van der Waals surface area contributed by atoms with Gasteiger partial charge in [-0.3, -0.25) is 4.79 Å². The number of carbonyl (C=O) groups excluding carboxylic acids is 1. The minimum atomic E-state index is -0.177. The van der Waals surface area contributed by atoms with Gasteiger partial charge in [0.1, 0.15) is 5.75 Å². The lowest BCUT2D eigenvalue weighted by molar-refractivity contribution is -0.143. The Morgan fingerprint density at radius 2 is 1.68 bits per heavy atom. The Labute approximate surface area is 227 Å². The van der Waals surface area contributed by atoms with Crippen molar-refractivity contribution in [3.8, 4) is 16.9 Å². The molecule has 1 atom stereocenters. The predicted molar refractivity (Wildman–Crippen MR) is 153 cm³/mol. The summed E-state index contributed by atoms with van der Waals surface area (Å²) < 4.78 is 16.4. The maximum Gasteiger partial charge on any atom is 0.306 e. The summed E-state index contributed by atoms with van der Waals surface area (Å²) in [4.78, 5) is 14.1. The summed E-state index contributed by atoms with van der Waals surface area (Å²) in [6.07, 6.45) is 1.79. The molecule has 6 heteroatoms. The van der Waals surface area contributed by atoms with Gasteiger partial charge in [-0.15, -0.1) is 0 Å². The topological polar surface area (TPSA) is 60.0 Å². The maximum atomic E-state index is 11.8. The minimum Gasteiger partial charge on any atom is -0.493 e. The van der Waals surface area contributed by atoms with E-state index < -0.39 is 0 Å². The molecule has 0 aliphatic carbocycles. The number of benzene rings is 3. The van der Waals surface area contributed by atoms with E-state index in [4.69, 9.17) is 14.2 Å². The summed E-state index contributed by atoms with van der Waals surface area (Å²) in [5, 5.41) is 3.62. The van der Waals surface area contributed by atoms with Gasteiger partial charge in [-0.05, 0) is 55.8 Å². The van der Waals surface area contributed by atoms with Crippen LogP contribution in [0.15, 0.2) is 72.8 Å². The molecule has 0 fully saturated rings.